The van der Waals surface area contributed by atoms with Crippen LogP contribution in [-0.4, -0.2) is 39.2 Å². The molecule has 0 saturated carbocycles. The zero-order valence-electron chi connectivity index (χ0n) is 13.3. The van der Waals surface area contributed by atoms with Gasteiger partial charge < -0.3 is 14.6 Å². The van der Waals surface area contributed by atoms with Crippen LogP contribution >= 0.6 is 23.2 Å². The number of halogens is 2. The molecule has 1 N–H and O–H groups in total. The van der Waals surface area contributed by atoms with Crippen molar-refractivity contribution >= 4 is 23.2 Å². The summed E-state index contributed by atoms with van der Waals surface area (Å²) in [5.41, 5.74) is 0.725. The molecule has 0 aliphatic carbocycles. The lowest BCUT2D eigenvalue weighted by atomic mass is 9.99. The Kier molecular flexibility index (Phi) is 5.42. The van der Waals surface area contributed by atoms with Crippen LogP contribution < -0.4 is 0 Å². The number of benzene rings is 1. The molecular formula is C16H19Cl2N3O3. The van der Waals surface area contributed by atoms with Crippen molar-refractivity contribution in [1.82, 2.24) is 14.8 Å². The van der Waals surface area contributed by atoms with E-state index < -0.39 is 5.79 Å². The predicted octanol–water partition coefficient (Wildman–Crippen LogP) is 2.71. The molecule has 1 aromatic carbocycles. The van der Waals surface area contributed by atoms with Crippen LogP contribution in [-0.2, 0) is 28.7 Å². The normalized spacial score (nSPS) is 23.8. The minimum atomic E-state index is -0.979. The van der Waals surface area contributed by atoms with Crippen molar-refractivity contribution in [2.75, 3.05) is 13.2 Å². The van der Waals surface area contributed by atoms with Gasteiger partial charge in [0.05, 0.1) is 18.2 Å². The number of aliphatic hydroxyl groups is 1. The second-order valence-corrected chi connectivity index (χ2v) is 6.61. The Hall–Kier alpha value is -1.18. The lowest BCUT2D eigenvalue weighted by Crippen LogP contribution is -2.29. The molecule has 6 nitrogen and oxygen atoms in total. The van der Waals surface area contributed by atoms with Crippen LogP contribution in [0, 0.1) is 0 Å². The van der Waals surface area contributed by atoms with Gasteiger partial charge in [-0.15, -0.1) is 0 Å². The van der Waals surface area contributed by atoms with Crippen molar-refractivity contribution in [1.29, 1.82) is 0 Å². The summed E-state index contributed by atoms with van der Waals surface area (Å²) < 4.78 is 13.7. The first-order valence-electron chi connectivity index (χ1n) is 7.75. The van der Waals surface area contributed by atoms with Crippen LogP contribution in [0.1, 0.15) is 24.2 Å². The van der Waals surface area contributed by atoms with Crippen LogP contribution in [0.5, 0.6) is 0 Å². The molecule has 24 heavy (non-hydrogen) atoms. The Bertz CT molecular complexity index is 710. The summed E-state index contributed by atoms with van der Waals surface area (Å²) in [5.74, 6) is -0.0859. The Morgan fingerprint density at radius 2 is 2.25 bits per heavy atom. The van der Waals surface area contributed by atoms with Gasteiger partial charge in [0.1, 0.15) is 18.3 Å². The summed E-state index contributed by atoms with van der Waals surface area (Å²) in [7, 11) is 1.86. The fourth-order valence-electron chi connectivity index (χ4n) is 2.89. The summed E-state index contributed by atoms with van der Waals surface area (Å²) in [5, 5.41) is 14.5. The molecule has 1 aliphatic rings. The highest BCUT2D eigenvalue weighted by atomic mass is 35.5. The molecule has 1 saturated heterocycles. The van der Waals surface area contributed by atoms with Crippen molar-refractivity contribution in [2.24, 2.45) is 7.05 Å². The van der Waals surface area contributed by atoms with Gasteiger partial charge in [0.25, 0.3) is 0 Å². The van der Waals surface area contributed by atoms with Gasteiger partial charge in [-0.2, -0.15) is 5.10 Å². The fourth-order valence-corrected chi connectivity index (χ4v) is 3.44. The third-order valence-electron chi connectivity index (χ3n) is 4.12. The van der Waals surface area contributed by atoms with Crippen molar-refractivity contribution in [3.8, 4) is 0 Å². The SMILES string of the molecule is Cn1ncnc1CCC[C@]1(c2ccc(Cl)cc2Cl)OC[C@@H](CO)O1. The standard InChI is InChI=1S/C16H19Cl2N3O3/c1-21-15(19-10-20-21)3-2-6-16(23-9-12(8-22)24-16)13-5-4-11(17)7-14(13)18/h4-5,7,10,12,22H,2-3,6,8-9H2,1H3/t12-,16+/m1/s1. The smallest absolute Gasteiger partial charge is 0.196 e. The Labute approximate surface area is 150 Å². The monoisotopic (exact) mass is 371 g/mol. The third-order valence-corrected chi connectivity index (χ3v) is 4.66. The van der Waals surface area contributed by atoms with E-state index in [9.17, 15) is 5.11 Å². The molecule has 3 rings (SSSR count). The van der Waals surface area contributed by atoms with Crippen LogP contribution in [0.3, 0.4) is 0 Å². The van der Waals surface area contributed by atoms with Crippen molar-refractivity contribution < 1.29 is 14.6 Å². The van der Waals surface area contributed by atoms with Crippen molar-refractivity contribution in [3.05, 3.63) is 46.0 Å². The number of nitrogens with zero attached hydrogens (tertiary/aromatic N) is 3. The lowest BCUT2D eigenvalue weighted by Gasteiger charge is -2.29. The van der Waals surface area contributed by atoms with Gasteiger partial charge in [0, 0.05) is 30.5 Å². The quantitative estimate of drug-likeness (QED) is 0.845. The second-order valence-electron chi connectivity index (χ2n) is 5.76. The zero-order valence-corrected chi connectivity index (χ0v) is 14.8. The zero-order chi connectivity index (χ0) is 17.2. The average molecular weight is 372 g/mol. The van der Waals surface area contributed by atoms with Gasteiger partial charge in [-0.25, -0.2) is 4.98 Å². The molecule has 0 bridgehead atoms. The second kappa shape index (κ2) is 7.37. The fraction of sp³-hybridized carbons (Fsp3) is 0.500. The van der Waals surface area contributed by atoms with E-state index in [2.05, 4.69) is 10.1 Å². The first-order valence-corrected chi connectivity index (χ1v) is 8.51. The number of aryl methyl sites for hydroxylation is 2. The average Bonchev–Trinajstić information content (AvgIpc) is 3.15. The van der Waals surface area contributed by atoms with E-state index in [1.54, 1.807) is 16.8 Å². The molecule has 130 valence electrons. The van der Waals surface area contributed by atoms with Crippen LogP contribution in [0.15, 0.2) is 24.5 Å². The van der Waals surface area contributed by atoms with E-state index in [1.165, 1.54) is 6.33 Å². The first-order chi connectivity index (χ1) is 11.5. The highest BCUT2D eigenvalue weighted by Crippen LogP contribution is 2.42. The molecule has 2 atom stereocenters. The molecule has 0 unspecified atom stereocenters. The maximum atomic E-state index is 9.39. The number of ether oxygens (including phenoxy) is 2. The summed E-state index contributed by atoms with van der Waals surface area (Å²) >= 11 is 12.4. The molecule has 0 radical (unpaired) electrons. The van der Waals surface area contributed by atoms with E-state index in [-0.39, 0.29) is 12.7 Å². The molecule has 0 amide bonds. The molecule has 2 aromatic rings. The molecule has 1 aromatic heterocycles. The number of aromatic nitrogens is 3. The summed E-state index contributed by atoms with van der Waals surface area (Å²) in [4.78, 5) is 4.22. The molecule has 1 fully saturated rings. The lowest BCUT2D eigenvalue weighted by molar-refractivity contribution is -0.185. The molecule has 0 spiro atoms. The van der Waals surface area contributed by atoms with Gasteiger partial charge in [-0.1, -0.05) is 29.3 Å². The largest absolute Gasteiger partial charge is 0.394 e. The summed E-state index contributed by atoms with van der Waals surface area (Å²) in [6.45, 7) is 0.218. The number of rotatable bonds is 6. The maximum absolute atomic E-state index is 9.39. The van der Waals surface area contributed by atoms with Gasteiger partial charge in [0.15, 0.2) is 5.79 Å². The topological polar surface area (TPSA) is 69.4 Å². The van der Waals surface area contributed by atoms with Crippen LogP contribution in [0.25, 0.3) is 0 Å². The van der Waals surface area contributed by atoms with Gasteiger partial charge >= 0.3 is 0 Å². The Morgan fingerprint density at radius 1 is 1.42 bits per heavy atom. The van der Waals surface area contributed by atoms with E-state index in [0.717, 1.165) is 24.2 Å². The van der Waals surface area contributed by atoms with E-state index in [0.29, 0.717) is 23.1 Å². The van der Waals surface area contributed by atoms with Crippen molar-refractivity contribution in [2.45, 2.75) is 31.2 Å². The Morgan fingerprint density at radius 3 is 2.88 bits per heavy atom. The van der Waals surface area contributed by atoms with E-state index in [4.69, 9.17) is 32.7 Å². The predicted molar refractivity (Wildman–Crippen MR) is 90.0 cm³/mol. The van der Waals surface area contributed by atoms with E-state index >= 15 is 0 Å². The number of hydrogen-bond acceptors (Lipinski definition) is 5. The van der Waals surface area contributed by atoms with E-state index in [1.807, 2.05) is 13.1 Å². The van der Waals surface area contributed by atoms with Crippen molar-refractivity contribution in [3.63, 3.8) is 0 Å². The molecule has 1 aliphatic heterocycles. The highest BCUT2D eigenvalue weighted by molar-refractivity contribution is 6.35. The molecular weight excluding hydrogens is 353 g/mol. The highest BCUT2D eigenvalue weighted by Gasteiger charge is 2.43. The maximum Gasteiger partial charge on any atom is 0.196 e. The van der Waals surface area contributed by atoms with Gasteiger partial charge in [-0.05, 0) is 18.6 Å². The van der Waals surface area contributed by atoms with Gasteiger partial charge in [0.2, 0.25) is 0 Å². The third kappa shape index (κ3) is 3.58. The first kappa shape index (κ1) is 17.6. The van der Waals surface area contributed by atoms with Crippen LogP contribution in [0.4, 0.5) is 0 Å². The minimum absolute atomic E-state index is 0.101. The molecule has 8 heteroatoms. The van der Waals surface area contributed by atoms with Crippen LogP contribution in [0.2, 0.25) is 10.0 Å². The molecule has 2 heterocycles. The van der Waals surface area contributed by atoms with Gasteiger partial charge in [-0.3, -0.25) is 4.68 Å². The summed E-state index contributed by atoms with van der Waals surface area (Å²) in [6, 6.07) is 5.24. The minimum Gasteiger partial charge on any atom is -0.394 e. The number of aliphatic hydroxyl groups excluding tert-OH is 1. The Balaban J connectivity index is 1.79. The number of hydrogen-bond donors (Lipinski definition) is 1. The summed E-state index contributed by atoms with van der Waals surface area (Å²) in [6.07, 6.45) is 3.25.